The number of H-pyrrole nitrogens is 1. The normalized spacial score (nSPS) is 13.0. The molecule has 0 fully saturated rings. The number of aromatic amines is 1. The van der Waals surface area contributed by atoms with Crippen LogP contribution in [0.5, 0.6) is 0 Å². The zero-order valence-corrected chi connectivity index (χ0v) is 15.7. The molecule has 1 aliphatic carbocycles. The second-order valence-electron chi connectivity index (χ2n) is 6.97. The lowest BCUT2D eigenvalue weighted by Crippen LogP contribution is -2.07. The van der Waals surface area contributed by atoms with Crippen molar-refractivity contribution in [1.82, 2.24) is 10.2 Å². The first-order valence-corrected chi connectivity index (χ1v) is 9.16. The fraction of sp³-hybridized carbons (Fsp3) is 0.125. The van der Waals surface area contributed by atoms with Crippen molar-refractivity contribution in [3.63, 3.8) is 0 Å². The Balaban J connectivity index is 1.42. The Morgan fingerprint density at radius 1 is 0.889 bits per heavy atom. The van der Waals surface area contributed by atoms with E-state index in [9.17, 15) is 0 Å². The molecule has 0 bridgehead atoms. The molecule has 27 heavy (non-hydrogen) atoms. The van der Waals surface area contributed by atoms with E-state index < -0.39 is 0 Å². The topological polar surface area (TPSA) is 31.9 Å². The van der Waals surface area contributed by atoms with Crippen molar-refractivity contribution in [3.8, 4) is 0 Å². The van der Waals surface area contributed by atoms with E-state index in [1.807, 2.05) is 20.2 Å². The molecule has 0 spiro atoms. The third-order valence-corrected chi connectivity index (χ3v) is 4.73. The number of rotatable bonds is 5. The molecule has 1 N–H and O–H groups in total. The fourth-order valence-electron chi connectivity index (χ4n) is 3.16. The molecular weight excluding hydrogens is 330 g/mol. The van der Waals surface area contributed by atoms with E-state index in [0.717, 1.165) is 17.8 Å². The number of fused-ring (bicyclic) bond motifs is 1. The van der Waals surface area contributed by atoms with E-state index in [1.165, 1.54) is 27.9 Å². The standard InChI is InChI=1S/C24H23N3/c1-27(2)24-14-9-18(10-15-24)7-12-22-17-23(26-25-22)13-8-19-6-11-20-4-3-5-21(20)16-19/h3-4,6-17H,5H2,1-2H3,(H,25,26)/b12-7+,13-8+. The quantitative estimate of drug-likeness (QED) is 0.667. The summed E-state index contributed by atoms with van der Waals surface area (Å²) in [4.78, 5) is 2.10. The van der Waals surface area contributed by atoms with E-state index >= 15 is 0 Å². The van der Waals surface area contributed by atoms with Gasteiger partial charge in [-0.25, -0.2) is 0 Å². The number of anilines is 1. The van der Waals surface area contributed by atoms with Crippen LogP contribution in [0.15, 0.2) is 54.6 Å². The first-order chi connectivity index (χ1) is 13.2. The first kappa shape index (κ1) is 17.1. The third-order valence-electron chi connectivity index (χ3n) is 4.73. The van der Waals surface area contributed by atoms with Gasteiger partial charge in [0.25, 0.3) is 0 Å². The Bertz CT molecular complexity index is 1020. The van der Waals surface area contributed by atoms with Crippen molar-refractivity contribution in [2.24, 2.45) is 0 Å². The van der Waals surface area contributed by atoms with Crippen LogP contribution in [0.4, 0.5) is 5.69 Å². The average molecular weight is 353 g/mol. The molecule has 134 valence electrons. The zero-order chi connectivity index (χ0) is 18.6. The Labute approximate surface area is 160 Å². The monoisotopic (exact) mass is 353 g/mol. The van der Waals surface area contributed by atoms with Gasteiger partial charge >= 0.3 is 0 Å². The molecule has 0 radical (unpaired) electrons. The molecule has 3 heteroatoms. The fourth-order valence-corrected chi connectivity index (χ4v) is 3.16. The molecule has 0 saturated carbocycles. The van der Waals surface area contributed by atoms with Crippen LogP contribution >= 0.6 is 0 Å². The number of benzene rings is 2. The van der Waals surface area contributed by atoms with Crippen LogP contribution in [-0.2, 0) is 6.42 Å². The molecule has 4 rings (SSSR count). The minimum atomic E-state index is 0.927. The number of hydrogen-bond acceptors (Lipinski definition) is 2. The van der Waals surface area contributed by atoms with Crippen LogP contribution in [0.3, 0.4) is 0 Å². The van der Waals surface area contributed by atoms with Crippen molar-refractivity contribution in [3.05, 3.63) is 88.2 Å². The Hall–Kier alpha value is -3.33. The highest BCUT2D eigenvalue weighted by Gasteiger charge is 2.04. The zero-order valence-electron chi connectivity index (χ0n) is 15.7. The van der Waals surface area contributed by atoms with Gasteiger partial charge in [-0.2, -0.15) is 5.10 Å². The van der Waals surface area contributed by atoms with Crippen LogP contribution in [-0.4, -0.2) is 24.3 Å². The van der Waals surface area contributed by atoms with Gasteiger partial charge in [0.05, 0.1) is 11.4 Å². The molecule has 3 aromatic rings. The summed E-state index contributed by atoms with van der Waals surface area (Å²) >= 11 is 0. The van der Waals surface area contributed by atoms with Crippen LogP contribution in [0.2, 0.25) is 0 Å². The Kier molecular flexibility index (Phi) is 4.75. The Morgan fingerprint density at radius 3 is 2.48 bits per heavy atom. The van der Waals surface area contributed by atoms with Crippen molar-refractivity contribution in [1.29, 1.82) is 0 Å². The summed E-state index contributed by atoms with van der Waals surface area (Å²) in [6.45, 7) is 0. The third kappa shape index (κ3) is 4.09. The maximum atomic E-state index is 4.37. The van der Waals surface area contributed by atoms with Gasteiger partial charge in [-0.05, 0) is 59.0 Å². The number of nitrogens with one attached hydrogen (secondary N) is 1. The van der Waals surface area contributed by atoms with Gasteiger partial charge in [-0.15, -0.1) is 0 Å². The number of allylic oxidation sites excluding steroid dienone is 1. The van der Waals surface area contributed by atoms with Crippen molar-refractivity contribution in [2.75, 3.05) is 19.0 Å². The highest BCUT2D eigenvalue weighted by molar-refractivity contribution is 5.73. The lowest BCUT2D eigenvalue weighted by molar-refractivity contribution is 1.07. The molecular formula is C24H23N3. The van der Waals surface area contributed by atoms with Crippen molar-refractivity contribution >= 4 is 36.1 Å². The highest BCUT2D eigenvalue weighted by Crippen LogP contribution is 2.21. The van der Waals surface area contributed by atoms with Crippen LogP contribution in [0, 0.1) is 0 Å². The van der Waals surface area contributed by atoms with Crippen molar-refractivity contribution < 1.29 is 0 Å². The predicted molar refractivity (Wildman–Crippen MR) is 116 cm³/mol. The number of aromatic nitrogens is 2. The summed E-state index contributed by atoms with van der Waals surface area (Å²) in [6, 6.07) is 17.1. The summed E-state index contributed by atoms with van der Waals surface area (Å²) in [5.74, 6) is 0. The maximum Gasteiger partial charge on any atom is 0.0854 e. The molecule has 0 unspecified atom stereocenters. The molecule has 0 amide bonds. The smallest absolute Gasteiger partial charge is 0.0854 e. The van der Waals surface area contributed by atoms with Crippen molar-refractivity contribution in [2.45, 2.75) is 6.42 Å². The van der Waals surface area contributed by atoms with E-state index in [2.05, 4.69) is 94.0 Å². The van der Waals surface area contributed by atoms with E-state index in [1.54, 1.807) is 0 Å². The van der Waals surface area contributed by atoms with Crippen LogP contribution in [0.25, 0.3) is 30.4 Å². The molecule has 0 aliphatic heterocycles. The van der Waals surface area contributed by atoms with Gasteiger partial charge in [0, 0.05) is 19.8 Å². The van der Waals surface area contributed by atoms with Crippen LogP contribution < -0.4 is 4.90 Å². The molecule has 3 nitrogen and oxygen atoms in total. The van der Waals surface area contributed by atoms with Gasteiger partial charge < -0.3 is 4.90 Å². The largest absolute Gasteiger partial charge is 0.378 e. The summed E-state index contributed by atoms with van der Waals surface area (Å²) in [6.07, 6.45) is 13.7. The van der Waals surface area contributed by atoms with E-state index in [0.29, 0.717) is 0 Å². The van der Waals surface area contributed by atoms with Gasteiger partial charge in [0.15, 0.2) is 0 Å². The van der Waals surface area contributed by atoms with Gasteiger partial charge in [-0.3, -0.25) is 5.10 Å². The second kappa shape index (κ2) is 7.50. The van der Waals surface area contributed by atoms with Gasteiger partial charge in [-0.1, -0.05) is 54.6 Å². The summed E-state index contributed by atoms with van der Waals surface area (Å²) < 4.78 is 0. The van der Waals surface area contributed by atoms with Crippen LogP contribution in [0.1, 0.15) is 33.6 Å². The molecule has 2 aromatic carbocycles. The lowest BCUT2D eigenvalue weighted by atomic mass is 10.1. The summed E-state index contributed by atoms with van der Waals surface area (Å²) in [5, 5.41) is 7.45. The SMILES string of the molecule is CN(C)c1ccc(/C=C/c2cc(/C=C/c3ccc4c(c3)CC=C4)n[nH]2)cc1. The molecule has 0 atom stereocenters. The predicted octanol–water partition coefficient (Wildman–Crippen LogP) is 5.39. The second-order valence-corrected chi connectivity index (χ2v) is 6.97. The Morgan fingerprint density at radius 2 is 1.67 bits per heavy atom. The van der Waals surface area contributed by atoms with Gasteiger partial charge in [0.2, 0.25) is 0 Å². The summed E-state index contributed by atoms with van der Waals surface area (Å²) in [5.41, 5.74) is 8.21. The molecule has 0 saturated heterocycles. The minimum Gasteiger partial charge on any atom is -0.378 e. The lowest BCUT2D eigenvalue weighted by Gasteiger charge is -2.11. The number of hydrogen-bond donors (Lipinski definition) is 1. The molecule has 1 heterocycles. The summed E-state index contributed by atoms with van der Waals surface area (Å²) in [7, 11) is 4.09. The average Bonchev–Trinajstić information content (AvgIpc) is 3.33. The number of nitrogens with zero attached hydrogens (tertiary/aromatic N) is 2. The van der Waals surface area contributed by atoms with E-state index in [-0.39, 0.29) is 0 Å². The van der Waals surface area contributed by atoms with Gasteiger partial charge in [0.1, 0.15) is 0 Å². The maximum absolute atomic E-state index is 4.37. The molecule has 1 aliphatic rings. The first-order valence-electron chi connectivity index (χ1n) is 9.16. The minimum absolute atomic E-state index is 0.927. The molecule has 1 aromatic heterocycles. The highest BCUT2D eigenvalue weighted by atomic mass is 15.1. The van der Waals surface area contributed by atoms with E-state index in [4.69, 9.17) is 0 Å².